The molecule has 1 N–H and O–H groups in total. The van der Waals surface area contributed by atoms with Crippen LogP contribution < -0.4 is 5.32 Å². The second-order valence-corrected chi connectivity index (χ2v) is 5.48. The molecule has 0 aliphatic heterocycles. The van der Waals surface area contributed by atoms with Crippen LogP contribution in [0.15, 0.2) is 0 Å². The third-order valence-electron chi connectivity index (χ3n) is 2.46. The molecule has 2 heteroatoms. The van der Waals surface area contributed by atoms with E-state index in [1.54, 1.807) is 0 Å². The fourth-order valence-corrected chi connectivity index (χ4v) is 3.01. The quantitative estimate of drug-likeness (QED) is 0.726. The maximum absolute atomic E-state index is 3.37. The highest BCUT2D eigenvalue weighted by atomic mass is 32.2. The zero-order valence-electron chi connectivity index (χ0n) is 8.47. The van der Waals surface area contributed by atoms with Crippen molar-refractivity contribution >= 4 is 11.8 Å². The minimum atomic E-state index is 0.801. The van der Waals surface area contributed by atoms with Gasteiger partial charge in [-0.25, -0.2) is 0 Å². The van der Waals surface area contributed by atoms with Crippen molar-refractivity contribution in [2.24, 2.45) is 5.92 Å². The van der Waals surface area contributed by atoms with E-state index in [-0.39, 0.29) is 0 Å². The Morgan fingerprint density at radius 1 is 1.42 bits per heavy atom. The third-order valence-corrected chi connectivity index (χ3v) is 4.22. The van der Waals surface area contributed by atoms with E-state index in [1.807, 2.05) is 0 Å². The highest BCUT2D eigenvalue weighted by molar-refractivity contribution is 7.99. The lowest BCUT2D eigenvalue weighted by Gasteiger charge is -2.11. The second-order valence-electron chi connectivity index (χ2n) is 4.15. The molecule has 72 valence electrons. The Bertz CT molecular complexity index is 125. The van der Waals surface area contributed by atoms with Crippen LogP contribution in [0.4, 0.5) is 0 Å². The molecule has 0 radical (unpaired) electrons. The van der Waals surface area contributed by atoms with Crippen LogP contribution in [0.2, 0.25) is 0 Å². The summed E-state index contributed by atoms with van der Waals surface area (Å²) in [5.74, 6) is 2.19. The van der Waals surface area contributed by atoms with Crippen molar-refractivity contribution in [3.05, 3.63) is 0 Å². The summed E-state index contributed by atoms with van der Waals surface area (Å²) in [5, 5.41) is 4.30. The summed E-state index contributed by atoms with van der Waals surface area (Å²) in [5.41, 5.74) is 0. The van der Waals surface area contributed by atoms with E-state index in [9.17, 15) is 0 Å². The second kappa shape index (κ2) is 5.13. The van der Waals surface area contributed by atoms with Crippen LogP contribution >= 0.6 is 11.8 Å². The van der Waals surface area contributed by atoms with Crippen molar-refractivity contribution in [2.45, 2.75) is 44.4 Å². The van der Waals surface area contributed by atoms with Crippen molar-refractivity contribution < 1.29 is 0 Å². The molecule has 1 aliphatic carbocycles. The largest absolute Gasteiger partial charge is 0.317 e. The normalized spacial score (nSPS) is 30.0. The summed E-state index contributed by atoms with van der Waals surface area (Å²) >= 11 is 2.17. The van der Waals surface area contributed by atoms with Crippen LogP contribution in [-0.4, -0.2) is 24.1 Å². The number of hydrogen-bond donors (Lipinski definition) is 1. The summed E-state index contributed by atoms with van der Waals surface area (Å²) < 4.78 is 0. The first-order valence-corrected chi connectivity index (χ1v) is 6.06. The van der Waals surface area contributed by atoms with E-state index >= 15 is 0 Å². The highest BCUT2D eigenvalue weighted by Gasteiger charge is 2.23. The summed E-state index contributed by atoms with van der Waals surface area (Å²) in [6.07, 6.45) is 4.18. The van der Waals surface area contributed by atoms with E-state index in [0.717, 1.165) is 17.2 Å². The zero-order valence-corrected chi connectivity index (χ0v) is 9.29. The molecule has 0 aromatic rings. The van der Waals surface area contributed by atoms with Gasteiger partial charge in [-0.3, -0.25) is 0 Å². The van der Waals surface area contributed by atoms with Gasteiger partial charge in [0, 0.05) is 11.3 Å². The van der Waals surface area contributed by atoms with Gasteiger partial charge in [0.25, 0.3) is 0 Å². The summed E-state index contributed by atoms with van der Waals surface area (Å²) in [4.78, 5) is 0. The van der Waals surface area contributed by atoms with E-state index in [1.165, 1.54) is 25.0 Å². The molecule has 1 nitrogen and oxygen atoms in total. The van der Waals surface area contributed by atoms with Crippen LogP contribution in [0.5, 0.6) is 0 Å². The van der Waals surface area contributed by atoms with Gasteiger partial charge in [0.15, 0.2) is 0 Å². The van der Waals surface area contributed by atoms with Crippen LogP contribution in [0.3, 0.4) is 0 Å². The van der Waals surface area contributed by atoms with Crippen LogP contribution in [0.25, 0.3) is 0 Å². The third kappa shape index (κ3) is 3.36. The average molecular weight is 187 g/mol. The molecular formula is C10H21NS. The maximum atomic E-state index is 3.37. The van der Waals surface area contributed by atoms with Gasteiger partial charge in [0.2, 0.25) is 0 Å². The van der Waals surface area contributed by atoms with Crippen LogP contribution in [-0.2, 0) is 0 Å². The van der Waals surface area contributed by atoms with Gasteiger partial charge in [-0.05, 0) is 38.0 Å². The van der Waals surface area contributed by atoms with Gasteiger partial charge in [0.1, 0.15) is 0 Å². The topological polar surface area (TPSA) is 12.0 Å². The Balaban J connectivity index is 2.11. The predicted octanol–water partition coefficient (Wildman–Crippen LogP) is 2.52. The van der Waals surface area contributed by atoms with Crippen molar-refractivity contribution in [3.63, 3.8) is 0 Å². The maximum Gasteiger partial charge on any atom is 0.00750 e. The molecule has 0 bridgehead atoms. The summed E-state index contributed by atoms with van der Waals surface area (Å²) in [7, 11) is 2.08. The van der Waals surface area contributed by atoms with Gasteiger partial charge < -0.3 is 5.32 Å². The Kier molecular flexibility index (Phi) is 4.44. The molecule has 0 amide bonds. The Hall–Kier alpha value is 0.310. The Morgan fingerprint density at radius 3 is 2.67 bits per heavy atom. The summed E-state index contributed by atoms with van der Waals surface area (Å²) in [6, 6.07) is 0.801. The molecule has 12 heavy (non-hydrogen) atoms. The molecule has 1 aliphatic rings. The number of hydrogen-bond acceptors (Lipinski definition) is 2. The standard InChI is InChI=1S/C10H21NS/c1-8(2)7-12-10-5-4-9(6-10)11-3/h8-11H,4-7H2,1-3H3. The lowest BCUT2D eigenvalue weighted by atomic mass is 10.3. The van der Waals surface area contributed by atoms with Gasteiger partial charge >= 0.3 is 0 Å². The fraction of sp³-hybridized carbons (Fsp3) is 1.00. The number of rotatable bonds is 4. The lowest BCUT2D eigenvalue weighted by molar-refractivity contribution is 0.583. The number of thioether (sulfide) groups is 1. The van der Waals surface area contributed by atoms with Crippen LogP contribution in [0, 0.1) is 5.92 Å². The van der Waals surface area contributed by atoms with Gasteiger partial charge in [-0.1, -0.05) is 13.8 Å². The molecule has 1 saturated carbocycles. The lowest BCUT2D eigenvalue weighted by Crippen LogP contribution is -2.21. The highest BCUT2D eigenvalue weighted by Crippen LogP contribution is 2.30. The van der Waals surface area contributed by atoms with Gasteiger partial charge in [0.05, 0.1) is 0 Å². The molecule has 1 rings (SSSR count). The summed E-state index contributed by atoms with van der Waals surface area (Å²) in [6.45, 7) is 4.61. The molecule has 2 atom stereocenters. The first-order valence-electron chi connectivity index (χ1n) is 5.01. The zero-order chi connectivity index (χ0) is 8.97. The predicted molar refractivity (Wildman–Crippen MR) is 57.8 cm³/mol. The van der Waals surface area contributed by atoms with Gasteiger partial charge in [-0.2, -0.15) is 11.8 Å². The molecule has 2 unspecified atom stereocenters. The van der Waals surface area contributed by atoms with E-state index in [0.29, 0.717) is 0 Å². The van der Waals surface area contributed by atoms with E-state index in [4.69, 9.17) is 0 Å². The van der Waals surface area contributed by atoms with Crippen LogP contribution in [0.1, 0.15) is 33.1 Å². The Morgan fingerprint density at radius 2 is 2.17 bits per heavy atom. The molecule has 1 fully saturated rings. The van der Waals surface area contributed by atoms with E-state index in [2.05, 4.69) is 38.0 Å². The molecule has 0 aromatic carbocycles. The SMILES string of the molecule is CNC1CCC(SCC(C)C)C1. The van der Waals surface area contributed by atoms with Crippen molar-refractivity contribution in [3.8, 4) is 0 Å². The molecule has 0 saturated heterocycles. The molecule has 0 spiro atoms. The molecule has 0 aromatic heterocycles. The monoisotopic (exact) mass is 187 g/mol. The van der Waals surface area contributed by atoms with E-state index < -0.39 is 0 Å². The number of nitrogens with one attached hydrogen (secondary N) is 1. The van der Waals surface area contributed by atoms with Crippen molar-refractivity contribution in [1.29, 1.82) is 0 Å². The van der Waals surface area contributed by atoms with Crippen molar-refractivity contribution in [1.82, 2.24) is 5.32 Å². The smallest absolute Gasteiger partial charge is 0.00750 e. The first kappa shape index (κ1) is 10.4. The van der Waals surface area contributed by atoms with Gasteiger partial charge in [-0.15, -0.1) is 0 Å². The molecule has 0 heterocycles. The average Bonchev–Trinajstić information content (AvgIpc) is 2.48. The minimum Gasteiger partial charge on any atom is -0.317 e. The minimum absolute atomic E-state index is 0.801. The fourth-order valence-electron chi connectivity index (χ4n) is 1.68. The first-order chi connectivity index (χ1) is 5.72. The molecular weight excluding hydrogens is 166 g/mol. The Labute approximate surface area is 80.7 Å². The van der Waals surface area contributed by atoms with Crippen molar-refractivity contribution in [2.75, 3.05) is 12.8 Å².